The first-order chi connectivity index (χ1) is 13.0. The maximum Gasteiger partial charge on any atom is 0.251 e. The van der Waals surface area contributed by atoms with Crippen LogP contribution in [0.2, 0.25) is 10.0 Å². The number of carbonyl (C=O) groups is 1. The van der Waals surface area contributed by atoms with E-state index in [0.29, 0.717) is 22.2 Å². The number of fused-ring (bicyclic) bond motifs is 1. The van der Waals surface area contributed by atoms with Gasteiger partial charge in [0.2, 0.25) is 0 Å². The van der Waals surface area contributed by atoms with Crippen molar-refractivity contribution in [3.05, 3.63) is 80.2 Å². The number of amides is 1. The summed E-state index contributed by atoms with van der Waals surface area (Å²) >= 11 is 14.0. The van der Waals surface area contributed by atoms with E-state index in [1.54, 1.807) is 23.5 Å². The minimum Gasteiger partial charge on any atom is -0.313 e. The predicted octanol–water partition coefficient (Wildman–Crippen LogP) is 4.88. The van der Waals surface area contributed by atoms with E-state index >= 15 is 0 Å². The third-order valence-electron chi connectivity index (χ3n) is 4.52. The van der Waals surface area contributed by atoms with E-state index in [1.807, 2.05) is 41.8 Å². The fraction of sp³-hybridized carbons (Fsp3) is 0.150. The quantitative estimate of drug-likeness (QED) is 0.611. The van der Waals surface area contributed by atoms with Gasteiger partial charge in [-0.2, -0.15) is 0 Å². The Kier molecular flexibility index (Phi) is 5.00. The van der Waals surface area contributed by atoms with Crippen LogP contribution < -0.4 is 4.90 Å². The van der Waals surface area contributed by atoms with E-state index in [2.05, 4.69) is 4.98 Å². The fourth-order valence-electron chi connectivity index (χ4n) is 3.15. The molecule has 7 heteroatoms. The predicted molar refractivity (Wildman–Crippen MR) is 112 cm³/mol. The van der Waals surface area contributed by atoms with Crippen molar-refractivity contribution in [3.63, 3.8) is 0 Å². The van der Waals surface area contributed by atoms with Gasteiger partial charge < -0.3 is 4.90 Å². The molecule has 0 N–H and O–H groups in total. The molecule has 0 radical (unpaired) electrons. The van der Waals surface area contributed by atoms with Gasteiger partial charge in [-0.05, 0) is 29.8 Å². The highest BCUT2D eigenvalue weighted by atomic mass is 35.5. The second-order valence-corrected chi connectivity index (χ2v) is 7.78. The number of thiazole rings is 1. The van der Waals surface area contributed by atoms with Crippen LogP contribution in [0, 0.1) is 0 Å². The van der Waals surface area contributed by atoms with E-state index in [9.17, 15) is 4.79 Å². The molecule has 0 fully saturated rings. The number of benzene rings is 2. The zero-order valence-electron chi connectivity index (χ0n) is 14.4. The lowest BCUT2D eigenvalue weighted by Gasteiger charge is -2.20. The van der Waals surface area contributed by atoms with Gasteiger partial charge >= 0.3 is 0 Å². The Morgan fingerprint density at radius 1 is 1.19 bits per heavy atom. The van der Waals surface area contributed by atoms with Gasteiger partial charge in [-0.15, -0.1) is 11.3 Å². The van der Waals surface area contributed by atoms with Gasteiger partial charge in [-0.1, -0.05) is 41.4 Å². The molecule has 0 spiro atoms. The molecule has 4 nitrogen and oxygen atoms in total. The number of hydrogen-bond acceptors (Lipinski definition) is 4. The summed E-state index contributed by atoms with van der Waals surface area (Å²) in [6, 6.07) is 12.4. The fourth-order valence-corrected chi connectivity index (χ4v) is 4.07. The Balaban J connectivity index is 1.86. The summed E-state index contributed by atoms with van der Waals surface area (Å²) in [6.45, 7) is 0. The number of rotatable bonds is 3. The van der Waals surface area contributed by atoms with Crippen LogP contribution in [0.15, 0.2) is 58.3 Å². The molecule has 136 valence electrons. The summed E-state index contributed by atoms with van der Waals surface area (Å²) < 4.78 is 0. The van der Waals surface area contributed by atoms with E-state index in [1.165, 1.54) is 11.3 Å². The topological polar surface area (TPSA) is 45.6 Å². The second-order valence-electron chi connectivity index (χ2n) is 6.22. The molecule has 27 heavy (non-hydrogen) atoms. The first-order valence-corrected chi connectivity index (χ1v) is 10.0. The van der Waals surface area contributed by atoms with Crippen LogP contribution >= 0.6 is 34.5 Å². The van der Waals surface area contributed by atoms with Crippen molar-refractivity contribution in [1.29, 1.82) is 0 Å². The van der Waals surface area contributed by atoms with Crippen LogP contribution in [0.4, 0.5) is 5.69 Å². The normalized spacial score (nSPS) is 16.7. The molecule has 2 aromatic carbocycles. The molecule has 1 aromatic heterocycles. The first kappa shape index (κ1) is 18.2. The third kappa shape index (κ3) is 3.50. The Morgan fingerprint density at radius 3 is 2.74 bits per heavy atom. The summed E-state index contributed by atoms with van der Waals surface area (Å²) in [5, 5.41) is 3.14. The largest absolute Gasteiger partial charge is 0.313 e. The molecule has 0 saturated carbocycles. The molecule has 1 aliphatic heterocycles. The van der Waals surface area contributed by atoms with Gasteiger partial charge in [0.25, 0.3) is 5.91 Å². The van der Waals surface area contributed by atoms with Crippen LogP contribution in [0.3, 0.4) is 0 Å². The smallest absolute Gasteiger partial charge is 0.251 e. The lowest BCUT2D eigenvalue weighted by atomic mass is 10.0. The number of aromatic nitrogens is 1. The van der Waals surface area contributed by atoms with Gasteiger partial charge in [-0.25, -0.2) is 4.98 Å². The minimum atomic E-state index is -0.599. The van der Waals surface area contributed by atoms with Crippen LogP contribution in [-0.4, -0.2) is 29.7 Å². The van der Waals surface area contributed by atoms with Gasteiger partial charge in [0.1, 0.15) is 6.04 Å². The lowest BCUT2D eigenvalue weighted by Crippen LogP contribution is -2.36. The summed E-state index contributed by atoms with van der Waals surface area (Å²) in [7, 11) is 1.76. The number of likely N-dealkylation sites (N-methyl/N-ethyl adjacent to an activating group) is 1. The second kappa shape index (κ2) is 7.43. The van der Waals surface area contributed by atoms with Crippen molar-refractivity contribution in [3.8, 4) is 0 Å². The Bertz CT molecular complexity index is 1030. The highest BCUT2D eigenvalue weighted by Gasteiger charge is 2.31. The number of aliphatic imine (C=N–C) groups is 1. The molecule has 2 heterocycles. The van der Waals surface area contributed by atoms with Crippen LogP contribution in [0.5, 0.6) is 0 Å². The summed E-state index contributed by atoms with van der Waals surface area (Å²) in [6.07, 6.45) is 0.415. The average molecular weight is 416 g/mol. The number of benzodiazepines with no additional fused rings is 1. The monoisotopic (exact) mass is 415 g/mol. The van der Waals surface area contributed by atoms with Gasteiger partial charge in [0.15, 0.2) is 0 Å². The zero-order valence-corrected chi connectivity index (χ0v) is 16.7. The van der Waals surface area contributed by atoms with Crippen molar-refractivity contribution >= 4 is 51.8 Å². The van der Waals surface area contributed by atoms with Crippen molar-refractivity contribution in [2.24, 2.45) is 4.99 Å². The van der Waals surface area contributed by atoms with E-state index in [4.69, 9.17) is 28.2 Å². The number of anilines is 1. The van der Waals surface area contributed by atoms with E-state index in [-0.39, 0.29) is 5.91 Å². The number of halogens is 2. The van der Waals surface area contributed by atoms with E-state index < -0.39 is 6.04 Å². The average Bonchev–Trinajstić information content (AvgIpc) is 3.17. The highest BCUT2D eigenvalue weighted by Crippen LogP contribution is 2.31. The molecular formula is C20H15Cl2N3OS. The standard InChI is InChI=1S/C20H15Cl2N3OS/c1-25-18-7-6-13(21)9-14(18)19(17-10-27-11-23-17)24-16(20(25)26)8-12-4-2-3-5-15(12)22/h2-7,9-11,16H,8H2,1H3. The van der Waals surface area contributed by atoms with Crippen molar-refractivity contribution < 1.29 is 4.79 Å². The highest BCUT2D eigenvalue weighted by molar-refractivity contribution is 7.07. The van der Waals surface area contributed by atoms with Crippen LogP contribution in [0.1, 0.15) is 16.8 Å². The zero-order chi connectivity index (χ0) is 19.0. The van der Waals surface area contributed by atoms with Crippen molar-refractivity contribution in [1.82, 2.24) is 4.98 Å². The molecule has 4 rings (SSSR count). The molecule has 1 amide bonds. The van der Waals surface area contributed by atoms with Crippen molar-refractivity contribution in [2.45, 2.75) is 12.5 Å². The Labute approximate surface area is 171 Å². The molecule has 1 aliphatic rings. The van der Waals surface area contributed by atoms with Crippen LogP contribution in [-0.2, 0) is 11.2 Å². The Hall–Kier alpha value is -2.21. The first-order valence-electron chi connectivity index (χ1n) is 8.32. The number of carbonyl (C=O) groups excluding carboxylic acids is 1. The van der Waals surface area contributed by atoms with E-state index in [0.717, 1.165) is 22.5 Å². The Morgan fingerprint density at radius 2 is 2.00 bits per heavy atom. The molecule has 1 unspecified atom stereocenters. The molecule has 0 saturated heterocycles. The summed E-state index contributed by atoms with van der Waals surface area (Å²) in [5.41, 5.74) is 5.60. The number of hydrogen-bond donors (Lipinski definition) is 0. The number of nitrogens with zero attached hydrogens (tertiary/aromatic N) is 3. The molecule has 3 aromatic rings. The minimum absolute atomic E-state index is 0.0938. The molecular weight excluding hydrogens is 401 g/mol. The summed E-state index contributed by atoms with van der Waals surface area (Å²) in [5.74, 6) is -0.0938. The molecule has 1 atom stereocenters. The van der Waals surface area contributed by atoms with Crippen LogP contribution in [0.25, 0.3) is 0 Å². The maximum atomic E-state index is 13.1. The molecule has 0 aliphatic carbocycles. The maximum absolute atomic E-state index is 13.1. The SMILES string of the molecule is CN1C(=O)C(Cc2ccccc2Cl)N=C(c2cscn2)c2cc(Cl)ccc21. The van der Waals surface area contributed by atoms with Gasteiger partial charge in [0, 0.05) is 34.5 Å². The lowest BCUT2D eigenvalue weighted by molar-refractivity contribution is -0.119. The van der Waals surface area contributed by atoms with Gasteiger partial charge in [0.05, 0.1) is 22.6 Å². The molecule has 0 bridgehead atoms. The van der Waals surface area contributed by atoms with Gasteiger partial charge in [-0.3, -0.25) is 9.79 Å². The van der Waals surface area contributed by atoms with Crippen molar-refractivity contribution in [2.75, 3.05) is 11.9 Å². The third-order valence-corrected chi connectivity index (χ3v) is 5.71. The summed E-state index contributed by atoms with van der Waals surface area (Å²) in [4.78, 5) is 24.0.